The van der Waals surface area contributed by atoms with E-state index in [0.29, 0.717) is 0 Å². The lowest BCUT2D eigenvalue weighted by Crippen LogP contribution is -2.48. The molecule has 0 aliphatic carbocycles. The lowest BCUT2D eigenvalue weighted by Gasteiger charge is -2.30. The first-order chi connectivity index (χ1) is 16.0. The number of hydrogen-bond acceptors (Lipinski definition) is 5. The summed E-state index contributed by atoms with van der Waals surface area (Å²) in [5.41, 5.74) is 7.54. The van der Waals surface area contributed by atoms with Crippen molar-refractivity contribution in [3.05, 3.63) is 83.9 Å². The SMILES string of the molecule is Cc1ccc(S(=O)(=O)N2CCC(C(N)=O)N(S(=O)(=O)c3ccc(C)cc3)c3c[c]ccc32)cc1. The van der Waals surface area contributed by atoms with Crippen molar-refractivity contribution in [2.75, 3.05) is 15.2 Å². The van der Waals surface area contributed by atoms with E-state index in [1.165, 1.54) is 42.5 Å². The van der Waals surface area contributed by atoms with Crippen molar-refractivity contribution in [3.8, 4) is 0 Å². The summed E-state index contributed by atoms with van der Waals surface area (Å²) in [6.45, 7) is 3.53. The van der Waals surface area contributed by atoms with E-state index >= 15 is 0 Å². The second kappa shape index (κ2) is 8.77. The quantitative estimate of drug-likeness (QED) is 0.580. The van der Waals surface area contributed by atoms with Gasteiger partial charge in [-0.1, -0.05) is 41.5 Å². The van der Waals surface area contributed by atoms with Crippen LogP contribution in [0.5, 0.6) is 0 Å². The van der Waals surface area contributed by atoms with E-state index in [2.05, 4.69) is 6.07 Å². The third-order valence-corrected chi connectivity index (χ3v) is 9.39. The molecule has 1 aliphatic rings. The molecule has 10 heteroatoms. The van der Waals surface area contributed by atoms with E-state index < -0.39 is 32.0 Å². The lowest BCUT2D eigenvalue weighted by atomic mass is 10.2. The summed E-state index contributed by atoms with van der Waals surface area (Å²) in [5.74, 6) is -0.875. The van der Waals surface area contributed by atoms with E-state index in [1.807, 2.05) is 13.8 Å². The molecular formula is C24H24N3O5S2. The normalized spacial score (nSPS) is 16.6. The number of sulfonamides is 2. The van der Waals surface area contributed by atoms with Crippen LogP contribution in [-0.2, 0) is 24.8 Å². The van der Waals surface area contributed by atoms with Crippen LogP contribution >= 0.6 is 0 Å². The van der Waals surface area contributed by atoms with Gasteiger partial charge in [-0.05, 0) is 62.7 Å². The van der Waals surface area contributed by atoms with Crippen LogP contribution in [0.15, 0.2) is 76.5 Å². The smallest absolute Gasteiger partial charge is 0.265 e. The third-order valence-electron chi connectivity index (χ3n) is 5.73. The summed E-state index contributed by atoms with van der Waals surface area (Å²) < 4.78 is 56.7. The van der Waals surface area contributed by atoms with Crippen molar-refractivity contribution in [1.29, 1.82) is 0 Å². The molecule has 8 nitrogen and oxygen atoms in total. The Balaban J connectivity index is 1.92. The van der Waals surface area contributed by atoms with Gasteiger partial charge in [-0.3, -0.25) is 13.4 Å². The van der Waals surface area contributed by atoms with Crippen molar-refractivity contribution < 1.29 is 21.6 Å². The molecule has 34 heavy (non-hydrogen) atoms. The zero-order valence-electron chi connectivity index (χ0n) is 18.7. The van der Waals surface area contributed by atoms with Gasteiger partial charge in [0.05, 0.1) is 21.2 Å². The molecule has 3 aromatic rings. The first kappa shape index (κ1) is 23.8. The topological polar surface area (TPSA) is 118 Å². The molecule has 1 unspecified atom stereocenters. The number of aryl methyl sites for hydroxylation is 2. The van der Waals surface area contributed by atoms with Crippen molar-refractivity contribution in [2.45, 2.75) is 36.1 Å². The molecule has 0 fully saturated rings. The van der Waals surface area contributed by atoms with E-state index in [1.54, 1.807) is 24.3 Å². The number of benzene rings is 3. The lowest BCUT2D eigenvalue weighted by molar-refractivity contribution is -0.119. The van der Waals surface area contributed by atoms with Crippen LogP contribution < -0.4 is 14.3 Å². The van der Waals surface area contributed by atoms with E-state index in [-0.39, 0.29) is 34.1 Å². The maximum Gasteiger partial charge on any atom is 0.265 e. The molecule has 177 valence electrons. The standard InChI is InChI=1S/C24H24N3O5S2/c1-17-7-11-19(12-8-17)33(29,30)26-16-15-23(24(25)28)27(22-6-4-3-5-21(22)26)34(31,32)20-13-9-18(2)10-14-20/h3,5-14,23H,15-16H2,1-2H3,(H2,25,28). The minimum absolute atomic E-state index is 0.0139. The van der Waals surface area contributed by atoms with Gasteiger partial charge in [0.15, 0.2) is 0 Å². The number of carbonyl (C=O) groups excluding carboxylic acids is 1. The summed E-state index contributed by atoms with van der Waals surface area (Å²) in [7, 11) is -8.32. The molecule has 0 spiro atoms. The fourth-order valence-corrected chi connectivity index (χ4v) is 7.06. The first-order valence-electron chi connectivity index (χ1n) is 10.5. The molecule has 1 heterocycles. The van der Waals surface area contributed by atoms with Gasteiger partial charge < -0.3 is 5.73 Å². The third kappa shape index (κ3) is 4.14. The Kier molecular flexibility index (Phi) is 6.13. The van der Waals surface area contributed by atoms with Crippen LogP contribution in [0.25, 0.3) is 0 Å². The molecule has 1 radical (unpaired) electrons. The first-order valence-corrected chi connectivity index (χ1v) is 13.4. The van der Waals surface area contributed by atoms with Crippen LogP contribution in [-0.4, -0.2) is 35.3 Å². The summed E-state index contributed by atoms with van der Waals surface area (Å²) >= 11 is 0. The zero-order chi connectivity index (χ0) is 24.7. The second-order valence-electron chi connectivity index (χ2n) is 8.13. The Morgan fingerprint density at radius 3 is 1.91 bits per heavy atom. The number of rotatable bonds is 5. The average molecular weight is 499 g/mol. The number of amides is 1. The molecule has 4 rings (SSSR count). The summed E-state index contributed by atoms with van der Waals surface area (Å²) in [6.07, 6.45) is -0.125. The predicted octanol–water partition coefficient (Wildman–Crippen LogP) is 2.75. The molecule has 1 aliphatic heterocycles. The average Bonchev–Trinajstić information content (AvgIpc) is 2.98. The molecule has 1 atom stereocenters. The Labute approximate surface area is 199 Å². The van der Waals surface area contributed by atoms with Gasteiger partial charge in [0.25, 0.3) is 20.0 Å². The summed E-state index contributed by atoms with van der Waals surface area (Å²) in [5, 5.41) is 0. The predicted molar refractivity (Wildman–Crippen MR) is 129 cm³/mol. The van der Waals surface area contributed by atoms with Crippen molar-refractivity contribution in [1.82, 2.24) is 0 Å². The molecule has 3 aromatic carbocycles. The Morgan fingerprint density at radius 1 is 0.853 bits per heavy atom. The fraction of sp³-hybridized carbons (Fsp3) is 0.208. The van der Waals surface area contributed by atoms with Gasteiger partial charge in [-0.15, -0.1) is 0 Å². The van der Waals surface area contributed by atoms with Gasteiger partial charge >= 0.3 is 0 Å². The van der Waals surface area contributed by atoms with E-state index in [4.69, 9.17) is 5.73 Å². The summed E-state index contributed by atoms with van der Waals surface area (Å²) in [6, 6.07) is 18.4. The zero-order valence-corrected chi connectivity index (χ0v) is 20.3. The second-order valence-corrected chi connectivity index (χ2v) is 11.8. The number of carbonyl (C=O) groups is 1. The van der Waals surface area contributed by atoms with Gasteiger partial charge in [-0.25, -0.2) is 16.8 Å². The number of fused-ring (bicyclic) bond motifs is 1. The largest absolute Gasteiger partial charge is 0.368 e. The van der Waals surface area contributed by atoms with Gasteiger partial charge in [-0.2, -0.15) is 0 Å². The Hall–Kier alpha value is -3.37. The van der Waals surface area contributed by atoms with E-state index in [0.717, 1.165) is 19.7 Å². The van der Waals surface area contributed by atoms with Crippen LogP contribution in [0.2, 0.25) is 0 Å². The van der Waals surface area contributed by atoms with Crippen LogP contribution in [0.1, 0.15) is 17.5 Å². The molecular weight excluding hydrogens is 474 g/mol. The highest BCUT2D eigenvalue weighted by Crippen LogP contribution is 2.40. The highest BCUT2D eigenvalue weighted by atomic mass is 32.2. The van der Waals surface area contributed by atoms with Crippen molar-refractivity contribution in [2.24, 2.45) is 5.73 Å². The van der Waals surface area contributed by atoms with Gasteiger partial charge in [0.1, 0.15) is 6.04 Å². The fourth-order valence-electron chi connectivity index (χ4n) is 3.91. The molecule has 0 bridgehead atoms. The van der Waals surface area contributed by atoms with E-state index in [9.17, 15) is 21.6 Å². The van der Waals surface area contributed by atoms with Gasteiger partial charge in [0, 0.05) is 6.54 Å². The molecule has 0 saturated carbocycles. The van der Waals surface area contributed by atoms with Gasteiger partial charge in [0.2, 0.25) is 5.91 Å². The number of nitrogens with two attached hydrogens (primary N) is 1. The number of nitrogens with zero attached hydrogens (tertiary/aromatic N) is 2. The highest BCUT2D eigenvalue weighted by molar-refractivity contribution is 7.93. The van der Waals surface area contributed by atoms with Crippen LogP contribution in [0, 0.1) is 19.9 Å². The Morgan fingerprint density at radius 2 is 1.38 bits per heavy atom. The molecule has 1 amide bonds. The summed E-state index contributed by atoms with van der Waals surface area (Å²) in [4.78, 5) is 12.5. The monoisotopic (exact) mass is 498 g/mol. The Bertz CT molecular complexity index is 1430. The highest BCUT2D eigenvalue weighted by Gasteiger charge is 2.41. The van der Waals surface area contributed by atoms with Crippen LogP contribution in [0.4, 0.5) is 11.4 Å². The van der Waals surface area contributed by atoms with Crippen molar-refractivity contribution >= 4 is 37.3 Å². The minimum Gasteiger partial charge on any atom is -0.368 e. The number of primary amides is 1. The minimum atomic E-state index is -4.26. The number of anilines is 2. The maximum absolute atomic E-state index is 13.7. The molecule has 0 aromatic heterocycles. The maximum atomic E-state index is 13.7. The van der Waals surface area contributed by atoms with Crippen molar-refractivity contribution in [3.63, 3.8) is 0 Å². The van der Waals surface area contributed by atoms with Crippen LogP contribution in [0.3, 0.4) is 0 Å². The number of hydrogen-bond donors (Lipinski definition) is 1. The molecule has 0 saturated heterocycles. The molecule has 2 N–H and O–H groups in total.